The van der Waals surface area contributed by atoms with Gasteiger partial charge in [-0.15, -0.1) is 0 Å². The Kier molecular flexibility index (Phi) is 2.67. The van der Waals surface area contributed by atoms with Crippen molar-refractivity contribution in [2.75, 3.05) is 0 Å². The molecule has 1 N–H and O–H groups in total. The molecule has 0 bridgehead atoms. The van der Waals surface area contributed by atoms with Crippen LogP contribution in [0, 0.1) is 0 Å². The molecule has 0 radical (unpaired) electrons. The first kappa shape index (κ1) is 11.4. The van der Waals surface area contributed by atoms with E-state index in [2.05, 4.69) is 20.9 Å². The summed E-state index contributed by atoms with van der Waals surface area (Å²) in [7, 11) is 0. The number of nitrogens with zero attached hydrogens (tertiary/aromatic N) is 2. The van der Waals surface area contributed by atoms with Gasteiger partial charge in [0.1, 0.15) is 0 Å². The molecular weight excluding hydrogens is 289 g/mol. The number of hydrogen-bond acceptors (Lipinski definition) is 2. The van der Waals surface area contributed by atoms with Crippen molar-refractivity contribution in [1.82, 2.24) is 9.38 Å². The third-order valence-electron chi connectivity index (χ3n) is 2.13. The fourth-order valence-electron chi connectivity index (χ4n) is 1.37. The molecule has 0 aromatic carbocycles. The third-order valence-corrected chi connectivity index (χ3v) is 2.71. The summed E-state index contributed by atoms with van der Waals surface area (Å²) in [4.78, 5) is 3.90. The first-order valence-corrected chi connectivity index (χ1v) is 5.06. The lowest BCUT2D eigenvalue weighted by Crippen LogP contribution is -2.07. The predicted molar refractivity (Wildman–Crippen MR) is 53.8 cm³/mol. The summed E-state index contributed by atoms with van der Waals surface area (Å²) in [5, 5.41) is 8.95. The van der Waals surface area contributed by atoms with Crippen molar-refractivity contribution in [2.24, 2.45) is 0 Å². The molecule has 0 atom stereocenters. The van der Waals surface area contributed by atoms with Crippen molar-refractivity contribution >= 4 is 21.6 Å². The van der Waals surface area contributed by atoms with Gasteiger partial charge in [-0.05, 0) is 22.0 Å². The van der Waals surface area contributed by atoms with Crippen LogP contribution in [0.2, 0.25) is 0 Å². The van der Waals surface area contributed by atoms with E-state index < -0.39 is 11.7 Å². The molecule has 0 unspecified atom stereocenters. The van der Waals surface area contributed by atoms with Gasteiger partial charge in [-0.2, -0.15) is 13.2 Å². The van der Waals surface area contributed by atoms with Gasteiger partial charge < -0.3 is 9.51 Å². The number of fused-ring (bicyclic) bond motifs is 1. The van der Waals surface area contributed by atoms with E-state index in [4.69, 9.17) is 5.11 Å². The Morgan fingerprint density at radius 1 is 1.44 bits per heavy atom. The van der Waals surface area contributed by atoms with Crippen molar-refractivity contribution in [3.63, 3.8) is 0 Å². The Bertz CT molecular complexity index is 535. The van der Waals surface area contributed by atoms with E-state index in [1.165, 1.54) is 10.6 Å². The Hall–Kier alpha value is -1.08. The van der Waals surface area contributed by atoms with Gasteiger partial charge in [-0.3, -0.25) is 0 Å². The molecule has 16 heavy (non-hydrogen) atoms. The predicted octanol–water partition coefficient (Wildman–Crippen LogP) is 2.61. The Balaban J connectivity index is 2.73. The van der Waals surface area contributed by atoms with E-state index in [0.717, 1.165) is 12.3 Å². The molecule has 0 saturated carbocycles. The molecule has 2 aromatic rings. The van der Waals surface area contributed by atoms with Gasteiger partial charge in [0, 0.05) is 6.20 Å². The van der Waals surface area contributed by atoms with Gasteiger partial charge in [0.15, 0.2) is 5.65 Å². The molecule has 0 aliphatic rings. The van der Waals surface area contributed by atoms with Crippen LogP contribution < -0.4 is 0 Å². The second-order valence-corrected chi connectivity index (χ2v) is 4.03. The molecule has 2 rings (SSSR count). The minimum atomic E-state index is -4.42. The van der Waals surface area contributed by atoms with E-state index in [0.29, 0.717) is 11.3 Å². The van der Waals surface area contributed by atoms with E-state index in [1.54, 1.807) is 0 Å². The zero-order valence-electron chi connectivity index (χ0n) is 7.79. The molecule has 2 aromatic heterocycles. The van der Waals surface area contributed by atoms with E-state index in [9.17, 15) is 13.2 Å². The van der Waals surface area contributed by atoms with Gasteiger partial charge >= 0.3 is 6.18 Å². The van der Waals surface area contributed by atoms with Crippen LogP contribution in [0.25, 0.3) is 5.65 Å². The van der Waals surface area contributed by atoms with Crippen molar-refractivity contribution in [2.45, 2.75) is 12.8 Å². The summed E-state index contributed by atoms with van der Waals surface area (Å²) in [6.45, 7) is -0.366. The third kappa shape index (κ3) is 1.80. The second kappa shape index (κ2) is 3.74. The smallest absolute Gasteiger partial charge is 0.390 e. The molecule has 86 valence electrons. The number of imidazole rings is 1. The molecule has 7 heteroatoms. The molecular formula is C9H6BrF3N2O. The number of hydrogen-bond donors (Lipinski definition) is 1. The quantitative estimate of drug-likeness (QED) is 0.878. The van der Waals surface area contributed by atoms with E-state index in [1.807, 2.05) is 0 Å². The Morgan fingerprint density at radius 3 is 2.69 bits per heavy atom. The molecule has 0 aliphatic carbocycles. The van der Waals surface area contributed by atoms with E-state index >= 15 is 0 Å². The standard InChI is InChI=1S/C9H6BrF3N2O/c10-7-1-5(9(11,12)13)3-15-6(4-16)2-14-8(7)15/h1-3,16H,4H2. The Labute approximate surface area is 96.7 Å². The van der Waals surface area contributed by atoms with Crippen molar-refractivity contribution in [3.8, 4) is 0 Å². The molecule has 0 spiro atoms. The summed E-state index contributed by atoms with van der Waals surface area (Å²) in [5.74, 6) is 0. The summed E-state index contributed by atoms with van der Waals surface area (Å²) >= 11 is 3.02. The molecule has 3 nitrogen and oxygen atoms in total. The van der Waals surface area contributed by atoms with Crippen molar-refractivity contribution in [3.05, 3.63) is 34.2 Å². The average Bonchev–Trinajstić information content (AvgIpc) is 2.59. The van der Waals surface area contributed by atoms with Crippen LogP contribution in [0.3, 0.4) is 0 Å². The number of aromatic nitrogens is 2. The van der Waals surface area contributed by atoms with Gasteiger partial charge in [0.25, 0.3) is 0 Å². The van der Waals surface area contributed by atoms with Crippen LogP contribution in [0.1, 0.15) is 11.3 Å². The van der Waals surface area contributed by atoms with E-state index in [-0.39, 0.29) is 11.1 Å². The molecule has 2 heterocycles. The molecule has 0 aliphatic heterocycles. The van der Waals surface area contributed by atoms with Crippen molar-refractivity contribution in [1.29, 1.82) is 0 Å². The maximum absolute atomic E-state index is 12.5. The largest absolute Gasteiger partial charge is 0.417 e. The monoisotopic (exact) mass is 294 g/mol. The zero-order valence-corrected chi connectivity index (χ0v) is 9.38. The lowest BCUT2D eigenvalue weighted by molar-refractivity contribution is -0.137. The highest BCUT2D eigenvalue weighted by atomic mass is 79.9. The minimum absolute atomic E-state index is 0.238. The van der Waals surface area contributed by atoms with Gasteiger partial charge in [-0.1, -0.05) is 0 Å². The van der Waals surface area contributed by atoms with Crippen molar-refractivity contribution < 1.29 is 18.3 Å². The summed E-state index contributed by atoms with van der Waals surface area (Å²) in [6.07, 6.45) is -2.17. The number of halogens is 4. The highest BCUT2D eigenvalue weighted by Gasteiger charge is 2.31. The highest BCUT2D eigenvalue weighted by Crippen LogP contribution is 2.32. The number of aliphatic hydroxyl groups is 1. The highest BCUT2D eigenvalue weighted by molar-refractivity contribution is 9.10. The molecule has 0 fully saturated rings. The van der Waals surface area contributed by atoms with Crippen LogP contribution in [0.15, 0.2) is 22.9 Å². The van der Waals surface area contributed by atoms with Crippen LogP contribution in [0.4, 0.5) is 13.2 Å². The number of pyridine rings is 1. The number of alkyl halides is 3. The van der Waals surface area contributed by atoms with Crippen LogP contribution in [-0.4, -0.2) is 14.5 Å². The SMILES string of the molecule is OCc1cnc2c(Br)cc(C(F)(F)F)cn12. The topological polar surface area (TPSA) is 37.5 Å². The summed E-state index contributed by atoms with van der Waals surface area (Å²) in [6, 6.07) is 0.962. The normalized spacial score (nSPS) is 12.3. The summed E-state index contributed by atoms with van der Waals surface area (Å²) in [5.41, 5.74) is -0.140. The lowest BCUT2D eigenvalue weighted by Gasteiger charge is -2.09. The van der Waals surface area contributed by atoms with Crippen LogP contribution in [0.5, 0.6) is 0 Å². The molecule has 0 saturated heterocycles. The first-order chi connectivity index (χ1) is 7.43. The van der Waals surface area contributed by atoms with Gasteiger partial charge in [0.2, 0.25) is 0 Å². The number of rotatable bonds is 1. The Morgan fingerprint density at radius 2 is 2.12 bits per heavy atom. The van der Waals surface area contributed by atoms with Gasteiger partial charge in [-0.25, -0.2) is 4.98 Å². The van der Waals surface area contributed by atoms with Crippen LogP contribution in [-0.2, 0) is 12.8 Å². The van der Waals surface area contributed by atoms with Gasteiger partial charge in [0.05, 0.1) is 28.5 Å². The fourth-order valence-corrected chi connectivity index (χ4v) is 1.91. The molecule has 0 amide bonds. The summed E-state index contributed by atoms with van der Waals surface area (Å²) < 4.78 is 39.0. The first-order valence-electron chi connectivity index (χ1n) is 4.27. The minimum Gasteiger partial charge on any atom is -0.390 e. The average molecular weight is 295 g/mol. The fraction of sp³-hybridized carbons (Fsp3) is 0.222. The zero-order chi connectivity index (χ0) is 11.9. The number of aliphatic hydroxyl groups excluding tert-OH is 1. The maximum atomic E-state index is 12.5. The van der Waals surface area contributed by atoms with Crippen LogP contribution >= 0.6 is 15.9 Å². The second-order valence-electron chi connectivity index (χ2n) is 3.18. The lowest BCUT2D eigenvalue weighted by atomic mass is 10.3. The maximum Gasteiger partial charge on any atom is 0.417 e.